The van der Waals surface area contributed by atoms with Gasteiger partial charge in [0.25, 0.3) is 5.56 Å². The number of aromatic nitrogens is 3. The summed E-state index contributed by atoms with van der Waals surface area (Å²) in [6, 6.07) is 15.9. The molecule has 1 saturated heterocycles. The minimum Gasteiger partial charge on any atom is -0.295 e. The summed E-state index contributed by atoms with van der Waals surface area (Å²) < 4.78 is 28.9. The van der Waals surface area contributed by atoms with Crippen molar-refractivity contribution in [2.75, 3.05) is 26.2 Å². The van der Waals surface area contributed by atoms with Crippen molar-refractivity contribution >= 4 is 37.9 Å². The second-order valence-corrected chi connectivity index (χ2v) is 11.4. The van der Waals surface area contributed by atoms with Crippen LogP contribution >= 0.6 is 22.9 Å². The van der Waals surface area contributed by atoms with Gasteiger partial charge >= 0.3 is 0 Å². The molecule has 0 saturated carbocycles. The first-order valence-corrected chi connectivity index (χ1v) is 13.4. The molecule has 0 radical (unpaired) electrons. The Hall–Kier alpha value is -2.63. The molecule has 0 spiro atoms. The van der Waals surface area contributed by atoms with Crippen LogP contribution in [0.5, 0.6) is 0 Å². The highest BCUT2D eigenvalue weighted by atomic mass is 35.5. The summed E-state index contributed by atoms with van der Waals surface area (Å²) in [5.74, 6) is 0. The largest absolute Gasteiger partial charge is 0.295 e. The Kier molecular flexibility index (Phi) is 6.26. The minimum absolute atomic E-state index is 0.254. The van der Waals surface area contributed by atoms with Crippen LogP contribution < -0.4 is 5.56 Å². The van der Waals surface area contributed by atoms with Crippen molar-refractivity contribution < 1.29 is 8.42 Å². The van der Waals surface area contributed by atoms with Gasteiger partial charge in [-0.2, -0.15) is 13.9 Å². The Bertz CT molecular complexity index is 1530. The number of halogens is 1. The molecular weight excluding hydrogens is 494 g/mol. The summed E-state index contributed by atoms with van der Waals surface area (Å²) >= 11 is 7.59. The van der Waals surface area contributed by atoms with Crippen LogP contribution in [0.4, 0.5) is 0 Å². The Morgan fingerprint density at radius 2 is 1.74 bits per heavy atom. The van der Waals surface area contributed by atoms with Gasteiger partial charge in [0.15, 0.2) is 0 Å². The van der Waals surface area contributed by atoms with Crippen molar-refractivity contribution in [2.45, 2.75) is 18.4 Å². The van der Waals surface area contributed by atoms with Gasteiger partial charge in [0.1, 0.15) is 5.01 Å². The number of fused-ring (bicyclic) bond motifs is 1. The van der Waals surface area contributed by atoms with Crippen LogP contribution in [0.15, 0.2) is 64.3 Å². The van der Waals surface area contributed by atoms with Crippen LogP contribution in [0.1, 0.15) is 11.3 Å². The lowest BCUT2D eigenvalue weighted by Crippen LogP contribution is -2.48. The highest BCUT2D eigenvalue weighted by Crippen LogP contribution is 2.30. The van der Waals surface area contributed by atoms with Gasteiger partial charge in [-0.1, -0.05) is 59.3 Å². The molecule has 0 N–H and O–H groups in total. The van der Waals surface area contributed by atoms with Gasteiger partial charge in [0.05, 0.1) is 15.6 Å². The normalized spacial score (nSPS) is 15.7. The highest BCUT2D eigenvalue weighted by molar-refractivity contribution is 7.89. The van der Waals surface area contributed by atoms with E-state index in [0.717, 1.165) is 11.1 Å². The van der Waals surface area contributed by atoms with Crippen LogP contribution in [-0.2, 0) is 16.6 Å². The second kappa shape index (κ2) is 9.20. The highest BCUT2D eigenvalue weighted by Gasteiger charge is 2.29. The summed E-state index contributed by atoms with van der Waals surface area (Å²) in [6.45, 7) is 4.15. The zero-order chi connectivity index (χ0) is 23.9. The summed E-state index contributed by atoms with van der Waals surface area (Å²) in [7, 11) is -3.53. The molecule has 0 bridgehead atoms. The zero-order valence-electron chi connectivity index (χ0n) is 18.4. The Balaban J connectivity index is 1.31. The van der Waals surface area contributed by atoms with E-state index in [1.807, 2.05) is 24.3 Å². The van der Waals surface area contributed by atoms with E-state index < -0.39 is 10.0 Å². The van der Waals surface area contributed by atoms with Crippen LogP contribution in [0.2, 0.25) is 5.02 Å². The number of hydrogen-bond donors (Lipinski definition) is 0. The molecule has 1 fully saturated rings. The number of hydrogen-bond acceptors (Lipinski definition) is 7. The topological polar surface area (TPSA) is 87.9 Å². The Morgan fingerprint density at radius 1 is 1.03 bits per heavy atom. The second-order valence-electron chi connectivity index (χ2n) is 8.11. The molecule has 1 aliphatic heterocycles. The fourth-order valence-corrected chi connectivity index (χ4v) is 6.92. The smallest absolute Gasteiger partial charge is 0.275 e. The van der Waals surface area contributed by atoms with Crippen molar-refractivity contribution in [1.29, 1.82) is 0 Å². The minimum atomic E-state index is -3.53. The molecule has 0 aliphatic carbocycles. The number of benzene rings is 2. The van der Waals surface area contributed by atoms with Crippen LogP contribution in [0, 0.1) is 6.92 Å². The van der Waals surface area contributed by atoms with Gasteiger partial charge in [-0.3, -0.25) is 9.69 Å². The number of piperazine rings is 1. The summed E-state index contributed by atoms with van der Waals surface area (Å²) in [5.41, 5.74) is 1.88. The van der Waals surface area contributed by atoms with E-state index >= 15 is 0 Å². The first-order valence-electron chi connectivity index (χ1n) is 10.8. The van der Waals surface area contributed by atoms with Crippen LogP contribution in [0.25, 0.3) is 15.5 Å². The molecule has 0 atom stereocenters. The van der Waals surface area contributed by atoms with Gasteiger partial charge < -0.3 is 0 Å². The molecule has 5 rings (SSSR count). The van der Waals surface area contributed by atoms with E-state index in [1.54, 1.807) is 31.2 Å². The molecule has 3 heterocycles. The lowest BCUT2D eigenvalue weighted by molar-refractivity contribution is 0.180. The molecule has 0 unspecified atom stereocenters. The predicted molar refractivity (Wildman–Crippen MR) is 133 cm³/mol. The van der Waals surface area contributed by atoms with Crippen molar-refractivity contribution in [2.24, 2.45) is 0 Å². The molecule has 2 aromatic heterocycles. The third kappa shape index (κ3) is 4.39. The number of nitrogens with zero attached hydrogens (tertiary/aromatic N) is 5. The lowest BCUT2D eigenvalue weighted by atomic mass is 10.2. The van der Waals surface area contributed by atoms with Gasteiger partial charge in [-0.05, 0) is 24.6 Å². The lowest BCUT2D eigenvalue weighted by Gasteiger charge is -2.34. The molecular formula is C23H22ClN5O3S2. The average Bonchev–Trinajstić information content (AvgIpc) is 3.24. The van der Waals surface area contributed by atoms with E-state index in [0.29, 0.717) is 58.3 Å². The van der Waals surface area contributed by atoms with Crippen molar-refractivity contribution in [3.05, 3.63) is 81.2 Å². The third-order valence-corrected chi connectivity index (χ3v) is 9.16. The number of aryl methyl sites for hydroxylation is 1. The van der Waals surface area contributed by atoms with E-state index in [9.17, 15) is 13.2 Å². The molecule has 176 valence electrons. The molecule has 4 aromatic rings. The van der Waals surface area contributed by atoms with Crippen molar-refractivity contribution in [1.82, 2.24) is 23.8 Å². The molecule has 8 nitrogen and oxygen atoms in total. The Labute approximate surface area is 206 Å². The molecule has 34 heavy (non-hydrogen) atoms. The predicted octanol–water partition coefficient (Wildman–Crippen LogP) is 3.29. The standard InChI is InChI=1S/C23H22ClN5O3S2/c1-16-6-2-5-9-20(16)34(31,32)28-12-10-27(11-13-28)15-17-14-21(30)29-23(25-17)33-22(26-29)18-7-3-4-8-19(18)24/h2-9,14H,10-13,15H2,1H3. The van der Waals surface area contributed by atoms with Gasteiger partial charge in [-0.25, -0.2) is 13.4 Å². The van der Waals surface area contributed by atoms with E-state index in [-0.39, 0.29) is 5.56 Å². The van der Waals surface area contributed by atoms with Crippen LogP contribution in [-0.4, -0.2) is 58.4 Å². The van der Waals surface area contributed by atoms with Crippen molar-refractivity contribution in [3.8, 4) is 10.6 Å². The number of sulfonamides is 1. The zero-order valence-corrected chi connectivity index (χ0v) is 20.8. The van der Waals surface area contributed by atoms with E-state index in [2.05, 4.69) is 15.0 Å². The van der Waals surface area contributed by atoms with Crippen LogP contribution in [0.3, 0.4) is 0 Å². The molecule has 0 amide bonds. The SMILES string of the molecule is Cc1ccccc1S(=O)(=O)N1CCN(Cc2cc(=O)n3nc(-c4ccccc4Cl)sc3n2)CC1. The van der Waals surface area contributed by atoms with Gasteiger partial charge in [0, 0.05) is 44.4 Å². The number of rotatable bonds is 5. The van der Waals surface area contributed by atoms with Crippen molar-refractivity contribution in [3.63, 3.8) is 0 Å². The molecule has 2 aromatic carbocycles. The van der Waals surface area contributed by atoms with Gasteiger partial charge in [0.2, 0.25) is 15.0 Å². The average molecular weight is 516 g/mol. The fraction of sp³-hybridized carbons (Fsp3) is 0.261. The monoisotopic (exact) mass is 515 g/mol. The summed E-state index contributed by atoms with van der Waals surface area (Å²) in [4.78, 5) is 20.3. The molecule has 1 aliphatic rings. The quantitative estimate of drug-likeness (QED) is 0.405. The van der Waals surface area contributed by atoms with Gasteiger partial charge in [-0.15, -0.1) is 0 Å². The van der Waals surface area contributed by atoms with E-state index in [1.165, 1.54) is 26.2 Å². The first kappa shape index (κ1) is 23.1. The summed E-state index contributed by atoms with van der Waals surface area (Å²) in [6.07, 6.45) is 0. The summed E-state index contributed by atoms with van der Waals surface area (Å²) in [5, 5.41) is 5.58. The first-order chi connectivity index (χ1) is 16.3. The third-order valence-electron chi connectivity index (χ3n) is 5.83. The maximum atomic E-state index is 13.0. The fourth-order valence-electron chi connectivity index (χ4n) is 4.02. The maximum Gasteiger partial charge on any atom is 0.275 e. The Morgan fingerprint density at radius 3 is 2.47 bits per heavy atom. The van der Waals surface area contributed by atoms with E-state index in [4.69, 9.17) is 11.6 Å². The maximum absolute atomic E-state index is 13.0. The molecule has 11 heteroatoms.